The lowest BCUT2D eigenvalue weighted by Gasteiger charge is -2.36. The van der Waals surface area contributed by atoms with Crippen molar-refractivity contribution in [2.45, 2.75) is 26.4 Å². The standard InChI is InChI=1S/C19H24N3/c1-16(2)22-12-10-21(11-13-22)15-17-5-7-18(8-6-17)19-4-3-9-20-14-19/h4-9,14,16H,10-13,15H2,1-2H3. The molecule has 1 aliphatic rings. The predicted molar refractivity (Wildman–Crippen MR) is 90.5 cm³/mol. The van der Waals surface area contributed by atoms with Crippen molar-refractivity contribution in [1.82, 2.24) is 14.8 Å². The van der Waals surface area contributed by atoms with Crippen LogP contribution in [0.2, 0.25) is 0 Å². The Hall–Kier alpha value is -1.71. The van der Waals surface area contributed by atoms with Crippen LogP contribution in [0.25, 0.3) is 11.1 Å². The third-order valence-corrected chi connectivity index (χ3v) is 4.43. The summed E-state index contributed by atoms with van der Waals surface area (Å²) in [6.07, 6.45) is 3.57. The van der Waals surface area contributed by atoms with E-state index in [4.69, 9.17) is 0 Å². The van der Waals surface area contributed by atoms with E-state index >= 15 is 0 Å². The Kier molecular flexibility index (Phi) is 4.86. The van der Waals surface area contributed by atoms with Gasteiger partial charge in [0.1, 0.15) is 0 Å². The Labute approximate surface area is 133 Å². The Bertz CT molecular complexity index is 569. The van der Waals surface area contributed by atoms with E-state index in [1.54, 1.807) is 6.20 Å². The molecule has 1 saturated heterocycles. The number of hydrogen-bond acceptors (Lipinski definition) is 3. The van der Waals surface area contributed by atoms with Gasteiger partial charge in [-0.1, -0.05) is 24.3 Å². The van der Waals surface area contributed by atoms with Crippen LogP contribution in [-0.4, -0.2) is 47.0 Å². The smallest absolute Gasteiger partial charge is 0.0347 e. The molecule has 3 rings (SSSR count). The zero-order chi connectivity index (χ0) is 15.4. The number of hydrogen-bond donors (Lipinski definition) is 0. The van der Waals surface area contributed by atoms with Crippen LogP contribution in [0.5, 0.6) is 0 Å². The van der Waals surface area contributed by atoms with E-state index in [9.17, 15) is 0 Å². The molecule has 3 heteroatoms. The van der Waals surface area contributed by atoms with Gasteiger partial charge in [0.05, 0.1) is 0 Å². The molecule has 1 aromatic carbocycles. The van der Waals surface area contributed by atoms with Crippen LogP contribution in [-0.2, 0) is 6.54 Å². The van der Waals surface area contributed by atoms with E-state index in [1.165, 1.54) is 24.2 Å². The number of nitrogens with zero attached hydrogens (tertiary/aromatic N) is 3. The minimum atomic E-state index is 0.665. The fraction of sp³-hybridized carbons (Fsp3) is 0.421. The maximum atomic E-state index is 4.13. The molecule has 2 aromatic rings. The molecule has 0 saturated carbocycles. The molecule has 2 heterocycles. The Morgan fingerprint density at radius 2 is 1.77 bits per heavy atom. The van der Waals surface area contributed by atoms with Crippen LogP contribution in [0.4, 0.5) is 0 Å². The first-order valence-corrected chi connectivity index (χ1v) is 8.09. The molecule has 1 aromatic heterocycles. The molecule has 3 nitrogen and oxygen atoms in total. The van der Waals surface area contributed by atoms with Gasteiger partial charge in [-0.15, -0.1) is 0 Å². The van der Waals surface area contributed by atoms with E-state index < -0.39 is 0 Å². The molecular formula is C19H24N3. The van der Waals surface area contributed by atoms with E-state index in [1.807, 2.05) is 12.3 Å². The van der Waals surface area contributed by atoms with Gasteiger partial charge < -0.3 is 0 Å². The largest absolute Gasteiger partial charge is 0.298 e. The quantitative estimate of drug-likeness (QED) is 0.864. The van der Waals surface area contributed by atoms with E-state index in [-0.39, 0.29) is 0 Å². The molecule has 1 aliphatic heterocycles. The van der Waals surface area contributed by atoms with E-state index in [0.29, 0.717) is 6.04 Å². The SMILES string of the molecule is CC(C)N1CCN(Cc2ccc(-c3c[c]cnc3)cc2)CC1. The molecule has 0 amide bonds. The molecule has 0 aliphatic carbocycles. The van der Waals surface area contributed by atoms with Gasteiger partial charge >= 0.3 is 0 Å². The summed E-state index contributed by atoms with van der Waals surface area (Å²) in [5, 5.41) is 0. The van der Waals surface area contributed by atoms with Crippen LogP contribution in [0, 0.1) is 6.07 Å². The summed E-state index contributed by atoms with van der Waals surface area (Å²) < 4.78 is 0. The second-order valence-electron chi connectivity index (χ2n) is 6.28. The average Bonchev–Trinajstić information content (AvgIpc) is 2.57. The van der Waals surface area contributed by atoms with Crippen molar-refractivity contribution in [2.24, 2.45) is 0 Å². The molecule has 22 heavy (non-hydrogen) atoms. The number of pyridine rings is 1. The van der Waals surface area contributed by atoms with Gasteiger partial charge in [-0.05, 0) is 31.0 Å². The zero-order valence-electron chi connectivity index (χ0n) is 13.5. The van der Waals surface area contributed by atoms with Crippen LogP contribution < -0.4 is 0 Å². The zero-order valence-corrected chi connectivity index (χ0v) is 13.5. The summed E-state index contributed by atoms with van der Waals surface area (Å²) in [7, 11) is 0. The molecule has 0 spiro atoms. The lowest BCUT2D eigenvalue weighted by atomic mass is 10.1. The molecular weight excluding hydrogens is 270 g/mol. The molecule has 0 atom stereocenters. The topological polar surface area (TPSA) is 19.4 Å². The molecule has 0 unspecified atom stereocenters. The minimum absolute atomic E-state index is 0.665. The van der Waals surface area contributed by atoms with Crippen LogP contribution in [0.15, 0.2) is 42.7 Å². The van der Waals surface area contributed by atoms with Crippen molar-refractivity contribution in [3.05, 3.63) is 54.4 Å². The number of benzene rings is 1. The predicted octanol–water partition coefficient (Wildman–Crippen LogP) is 3.07. The highest BCUT2D eigenvalue weighted by molar-refractivity contribution is 5.62. The highest BCUT2D eigenvalue weighted by atomic mass is 15.3. The van der Waals surface area contributed by atoms with Crippen molar-refractivity contribution < 1.29 is 0 Å². The number of rotatable bonds is 4. The van der Waals surface area contributed by atoms with Gasteiger partial charge in [-0.2, -0.15) is 0 Å². The molecule has 1 radical (unpaired) electrons. The van der Waals surface area contributed by atoms with Crippen molar-refractivity contribution in [3.8, 4) is 11.1 Å². The summed E-state index contributed by atoms with van der Waals surface area (Å²) in [6, 6.07) is 14.5. The van der Waals surface area contributed by atoms with Gasteiger partial charge in [-0.25, -0.2) is 0 Å². The van der Waals surface area contributed by atoms with Crippen LogP contribution in [0.1, 0.15) is 19.4 Å². The summed E-state index contributed by atoms with van der Waals surface area (Å²) in [6.45, 7) is 10.3. The fourth-order valence-electron chi connectivity index (χ4n) is 2.98. The first-order chi connectivity index (χ1) is 10.7. The Balaban J connectivity index is 1.58. The van der Waals surface area contributed by atoms with Crippen molar-refractivity contribution in [2.75, 3.05) is 26.2 Å². The number of piperazine rings is 1. The second kappa shape index (κ2) is 7.03. The van der Waals surface area contributed by atoms with Gasteiger partial charge in [0.25, 0.3) is 0 Å². The van der Waals surface area contributed by atoms with Gasteiger partial charge in [0, 0.05) is 62.8 Å². The maximum Gasteiger partial charge on any atom is 0.0347 e. The molecule has 0 N–H and O–H groups in total. The van der Waals surface area contributed by atoms with Gasteiger partial charge in [0.2, 0.25) is 0 Å². The summed E-state index contributed by atoms with van der Waals surface area (Å²) in [5.74, 6) is 0. The summed E-state index contributed by atoms with van der Waals surface area (Å²) in [5.41, 5.74) is 3.71. The Morgan fingerprint density at radius 1 is 1.05 bits per heavy atom. The normalized spacial score (nSPS) is 17.0. The van der Waals surface area contributed by atoms with E-state index in [0.717, 1.165) is 25.2 Å². The molecule has 0 bridgehead atoms. The van der Waals surface area contributed by atoms with Crippen molar-refractivity contribution in [3.63, 3.8) is 0 Å². The average molecular weight is 294 g/mol. The first kappa shape index (κ1) is 15.2. The van der Waals surface area contributed by atoms with Gasteiger partial charge in [0.15, 0.2) is 0 Å². The Morgan fingerprint density at radius 3 is 2.36 bits per heavy atom. The monoisotopic (exact) mass is 294 g/mol. The molecule has 1 fully saturated rings. The van der Waals surface area contributed by atoms with Crippen molar-refractivity contribution >= 4 is 0 Å². The lowest BCUT2D eigenvalue weighted by molar-refractivity contribution is 0.104. The third kappa shape index (κ3) is 3.73. The number of aromatic nitrogens is 1. The fourth-order valence-corrected chi connectivity index (χ4v) is 2.98. The van der Waals surface area contributed by atoms with Crippen molar-refractivity contribution in [1.29, 1.82) is 0 Å². The molecule has 115 valence electrons. The van der Waals surface area contributed by atoms with E-state index in [2.05, 4.69) is 59.0 Å². The van der Waals surface area contributed by atoms with Crippen LogP contribution >= 0.6 is 0 Å². The second-order valence-corrected chi connectivity index (χ2v) is 6.28. The summed E-state index contributed by atoms with van der Waals surface area (Å²) in [4.78, 5) is 9.23. The highest BCUT2D eigenvalue weighted by Crippen LogP contribution is 2.19. The maximum absolute atomic E-state index is 4.13. The minimum Gasteiger partial charge on any atom is -0.298 e. The summed E-state index contributed by atoms with van der Waals surface area (Å²) >= 11 is 0. The first-order valence-electron chi connectivity index (χ1n) is 8.09. The van der Waals surface area contributed by atoms with Gasteiger partial charge in [-0.3, -0.25) is 14.8 Å². The third-order valence-electron chi connectivity index (χ3n) is 4.43. The lowest BCUT2D eigenvalue weighted by Crippen LogP contribution is -2.48. The van der Waals surface area contributed by atoms with Crippen LogP contribution in [0.3, 0.4) is 0 Å². The highest BCUT2D eigenvalue weighted by Gasteiger charge is 2.18.